The van der Waals surface area contributed by atoms with Crippen molar-refractivity contribution in [1.29, 1.82) is 0 Å². The minimum atomic E-state index is -0.526. The molecule has 0 spiro atoms. The molecule has 0 aliphatic heterocycles. The molecular weight excluding hydrogens is 221 g/mol. The number of carbonyl (C=O) groups is 1. The van der Waals surface area contributed by atoms with Crippen LogP contribution in [0.2, 0.25) is 5.15 Å². The molecule has 0 aliphatic rings. The minimum Gasteiger partial charge on any atom is -0.468 e. The summed E-state index contributed by atoms with van der Waals surface area (Å²) in [7, 11) is 1.26. The lowest BCUT2D eigenvalue weighted by atomic mass is 10.2. The van der Waals surface area contributed by atoms with E-state index in [2.05, 4.69) is 21.6 Å². The van der Waals surface area contributed by atoms with Gasteiger partial charge in [0.2, 0.25) is 0 Å². The summed E-state index contributed by atoms with van der Waals surface area (Å²) in [4.78, 5) is 14.3. The van der Waals surface area contributed by atoms with Gasteiger partial charge in [-0.05, 0) is 6.07 Å². The van der Waals surface area contributed by atoms with E-state index < -0.39 is 11.8 Å². The van der Waals surface area contributed by atoms with Crippen molar-refractivity contribution in [2.24, 2.45) is 0 Å². The molecule has 0 aromatic carbocycles. The van der Waals surface area contributed by atoms with Crippen LogP contribution in [-0.4, -0.2) is 18.1 Å². The quantitative estimate of drug-likeness (QED) is 0.417. The maximum Gasteiger partial charge on any atom is 0.317 e. The molecule has 0 radical (unpaired) electrons. The molecule has 15 heavy (non-hydrogen) atoms. The van der Waals surface area contributed by atoms with Crippen LogP contribution >= 0.6 is 11.6 Å². The average Bonchev–Trinajstić information content (AvgIpc) is 2.23. The number of halogens is 2. The summed E-state index contributed by atoms with van der Waals surface area (Å²) in [5.41, 5.74) is 0.251. The first-order valence-corrected chi connectivity index (χ1v) is 4.38. The third-order valence-electron chi connectivity index (χ3n) is 1.49. The van der Waals surface area contributed by atoms with Crippen molar-refractivity contribution >= 4 is 17.6 Å². The van der Waals surface area contributed by atoms with Gasteiger partial charge in [0.1, 0.15) is 17.4 Å². The number of rotatable bonds is 1. The van der Waals surface area contributed by atoms with Crippen molar-refractivity contribution in [1.82, 2.24) is 4.98 Å². The van der Waals surface area contributed by atoms with Crippen molar-refractivity contribution in [2.75, 3.05) is 7.11 Å². The van der Waals surface area contributed by atoms with Crippen molar-refractivity contribution < 1.29 is 13.9 Å². The highest BCUT2D eigenvalue weighted by molar-refractivity contribution is 6.30. The number of hydrogen-bond donors (Lipinski definition) is 0. The van der Waals surface area contributed by atoms with Crippen LogP contribution in [0, 0.1) is 17.7 Å². The third-order valence-corrected chi connectivity index (χ3v) is 1.79. The highest BCUT2D eigenvalue weighted by Gasteiger charge is 2.00. The Morgan fingerprint density at radius 3 is 3.13 bits per heavy atom. The summed E-state index contributed by atoms with van der Waals surface area (Å²) in [6, 6.07) is 1.15. The second-order valence-corrected chi connectivity index (χ2v) is 2.90. The zero-order valence-electron chi connectivity index (χ0n) is 7.88. The van der Waals surface area contributed by atoms with Crippen LogP contribution in [0.4, 0.5) is 4.39 Å². The fourth-order valence-corrected chi connectivity index (χ4v) is 0.945. The number of nitrogens with zero attached hydrogens (tertiary/aromatic N) is 1. The Bertz CT molecular complexity index is 437. The summed E-state index contributed by atoms with van der Waals surface area (Å²) in [6.07, 6.45) is 0.928. The van der Waals surface area contributed by atoms with E-state index in [1.54, 1.807) is 0 Å². The van der Waals surface area contributed by atoms with Crippen LogP contribution < -0.4 is 0 Å². The number of ether oxygens (including phenoxy) is 1. The first-order chi connectivity index (χ1) is 7.13. The summed E-state index contributed by atoms with van der Waals surface area (Å²) in [6.45, 7) is 0. The largest absolute Gasteiger partial charge is 0.468 e. The first-order valence-electron chi connectivity index (χ1n) is 4.00. The lowest BCUT2D eigenvalue weighted by Crippen LogP contribution is -1.97. The molecule has 0 bridgehead atoms. The summed E-state index contributed by atoms with van der Waals surface area (Å²) < 4.78 is 17.1. The Hall–Kier alpha value is -1.60. The van der Waals surface area contributed by atoms with Crippen molar-refractivity contribution in [3.63, 3.8) is 0 Å². The van der Waals surface area contributed by atoms with Gasteiger partial charge in [-0.15, -0.1) is 0 Å². The zero-order valence-corrected chi connectivity index (χ0v) is 8.64. The van der Waals surface area contributed by atoms with E-state index in [1.807, 2.05) is 0 Å². The molecule has 78 valence electrons. The topological polar surface area (TPSA) is 39.2 Å². The molecule has 1 rings (SSSR count). The minimum absolute atomic E-state index is 0.0661. The molecular formula is C10H7ClFNO2. The predicted molar refractivity (Wildman–Crippen MR) is 52.7 cm³/mol. The smallest absolute Gasteiger partial charge is 0.317 e. The van der Waals surface area contributed by atoms with E-state index in [4.69, 9.17) is 11.6 Å². The van der Waals surface area contributed by atoms with Gasteiger partial charge < -0.3 is 4.74 Å². The van der Waals surface area contributed by atoms with Crippen LogP contribution in [0.15, 0.2) is 12.3 Å². The molecule has 0 aliphatic carbocycles. The molecule has 0 amide bonds. The van der Waals surface area contributed by atoms with Gasteiger partial charge in [0.05, 0.1) is 18.9 Å². The molecule has 0 saturated heterocycles. The SMILES string of the molecule is COC(=O)CC#Cc1cc(F)cnc1Cl. The van der Waals surface area contributed by atoms with Gasteiger partial charge in [-0.1, -0.05) is 23.4 Å². The molecule has 0 saturated carbocycles. The van der Waals surface area contributed by atoms with Crippen LogP contribution in [0.5, 0.6) is 0 Å². The monoisotopic (exact) mass is 227 g/mol. The third kappa shape index (κ3) is 3.56. The van der Waals surface area contributed by atoms with Gasteiger partial charge in [-0.2, -0.15) is 0 Å². The Morgan fingerprint density at radius 1 is 1.73 bits per heavy atom. The second-order valence-electron chi connectivity index (χ2n) is 2.55. The lowest BCUT2D eigenvalue weighted by molar-refractivity contribution is -0.139. The fourth-order valence-electron chi connectivity index (χ4n) is 0.794. The summed E-state index contributed by atoms with van der Waals surface area (Å²) in [5.74, 6) is 4.06. The average molecular weight is 228 g/mol. The van der Waals surface area contributed by atoms with E-state index in [1.165, 1.54) is 7.11 Å². The van der Waals surface area contributed by atoms with Crippen LogP contribution in [0.1, 0.15) is 12.0 Å². The van der Waals surface area contributed by atoms with Gasteiger partial charge >= 0.3 is 5.97 Å². The summed E-state index contributed by atoms with van der Waals surface area (Å²) in [5, 5.41) is 0.105. The van der Waals surface area contributed by atoms with Crippen LogP contribution in [0.25, 0.3) is 0 Å². The standard InChI is InChI=1S/C10H7ClFNO2/c1-15-9(14)4-2-3-7-5-8(12)6-13-10(7)11/h5-6H,4H2,1H3. The number of aromatic nitrogens is 1. The van der Waals surface area contributed by atoms with Gasteiger partial charge in [-0.25, -0.2) is 9.37 Å². The molecule has 0 unspecified atom stereocenters. The Balaban J connectivity index is 2.79. The van der Waals surface area contributed by atoms with Crippen molar-refractivity contribution in [3.8, 4) is 11.8 Å². The fraction of sp³-hybridized carbons (Fsp3) is 0.200. The van der Waals surface area contributed by atoms with Gasteiger partial charge in [0.25, 0.3) is 0 Å². The molecule has 1 aromatic rings. The number of hydrogen-bond acceptors (Lipinski definition) is 3. The van der Waals surface area contributed by atoms with E-state index in [9.17, 15) is 9.18 Å². The van der Waals surface area contributed by atoms with E-state index in [-0.39, 0.29) is 17.1 Å². The van der Waals surface area contributed by atoms with Gasteiger partial charge in [-0.3, -0.25) is 4.79 Å². The molecule has 0 fully saturated rings. The van der Waals surface area contributed by atoms with Gasteiger partial charge in [0.15, 0.2) is 0 Å². The zero-order chi connectivity index (χ0) is 11.3. The summed E-state index contributed by atoms with van der Waals surface area (Å²) >= 11 is 5.65. The number of carbonyl (C=O) groups excluding carboxylic acids is 1. The number of methoxy groups -OCH3 is 1. The second kappa shape index (κ2) is 5.32. The molecule has 1 heterocycles. The van der Waals surface area contributed by atoms with E-state index in [0.29, 0.717) is 0 Å². The molecule has 5 heteroatoms. The normalized spacial score (nSPS) is 9.00. The first kappa shape index (κ1) is 11.5. The number of esters is 1. The van der Waals surface area contributed by atoms with E-state index in [0.717, 1.165) is 12.3 Å². The molecule has 1 aromatic heterocycles. The highest BCUT2D eigenvalue weighted by Crippen LogP contribution is 2.11. The Kier molecular flexibility index (Phi) is 4.07. The van der Waals surface area contributed by atoms with Crippen LogP contribution in [0.3, 0.4) is 0 Å². The van der Waals surface area contributed by atoms with Crippen LogP contribution in [-0.2, 0) is 9.53 Å². The highest BCUT2D eigenvalue weighted by atomic mass is 35.5. The Morgan fingerprint density at radius 2 is 2.47 bits per heavy atom. The predicted octanol–water partition coefficient (Wildman–Crippen LogP) is 1.79. The molecule has 0 N–H and O–H groups in total. The van der Waals surface area contributed by atoms with Gasteiger partial charge in [0, 0.05) is 0 Å². The lowest BCUT2D eigenvalue weighted by Gasteiger charge is -1.94. The maximum absolute atomic E-state index is 12.7. The Labute approximate surface area is 91.2 Å². The van der Waals surface area contributed by atoms with Crippen molar-refractivity contribution in [2.45, 2.75) is 6.42 Å². The maximum atomic E-state index is 12.7. The molecule has 0 atom stereocenters. The van der Waals surface area contributed by atoms with Crippen molar-refractivity contribution in [3.05, 3.63) is 28.8 Å². The number of pyridine rings is 1. The van der Waals surface area contributed by atoms with E-state index >= 15 is 0 Å². The molecule has 3 nitrogen and oxygen atoms in total.